The lowest BCUT2D eigenvalue weighted by Crippen LogP contribution is -2.20. The van der Waals surface area contributed by atoms with Gasteiger partial charge >= 0.3 is 5.97 Å². The van der Waals surface area contributed by atoms with Gasteiger partial charge < -0.3 is 10.1 Å². The highest BCUT2D eigenvalue weighted by molar-refractivity contribution is 7.90. The highest BCUT2D eigenvalue weighted by atomic mass is 32.2. The second kappa shape index (κ2) is 8.45. The first-order valence-corrected chi connectivity index (χ1v) is 11.9. The first-order chi connectivity index (χ1) is 13.3. The molecule has 1 aromatic carbocycles. The summed E-state index contributed by atoms with van der Waals surface area (Å²) in [5.41, 5.74) is 1.55. The standard InChI is InChI=1S/C20H23NO5S2/c1-3-13-7-8-17-14(9-13)10-18(27-17)20(23)26-12-19(22)21-15-5-4-6-16(11-15)28(2,24)25/h4-6,10-11,13H,3,7-9,12H2,1-2H3,(H,21,22)/t13-/m0/s1. The van der Waals surface area contributed by atoms with Gasteiger partial charge in [0.25, 0.3) is 5.91 Å². The minimum absolute atomic E-state index is 0.108. The van der Waals surface area contributed by atoms with Crippen molar-refractivity contribution in [2.45, 2.75) is 37.5 Å². The highest BCUT2D eigenvalue weighted by Crippen LogP contribution is 2.33. The summed E-state index contributed by atoms with van der Waals surface area (Å²) in [6.45, 7) is 1.75. The monoisotopic (exact) mass is 421 g/mol. The smallest absolute Gasteiger partial charge is 0.348 e. The zero-order valence-corrected chi connectivity index (χ0v) is 17.5. The van der Waals surface area contributed by atoms with Gasteiger partial charge in [-0.3, -0.25) is 4.79 Å². The normalized spacial score (nSPS) is 16.3. The Labute approximate surface area is 168 Å². The van der Waals surface area contributed by atoms with Crippen molar-refractivity contribution in [2.24, 2.45) is 5.92 Å². The van der Waals surface area contributed by atoms with E-state index in [0.29, 0.717) is 16.5 Å². The third-order valence-electron chi connectivity index (χ3n) is 4.84. The second-order valence-corrected chi connectivity index (χ2v) is 10.2. The fraction of sp³-hybridized carbons (Fsp3) is 0.400. The summed E-state index contributed by atoms with van der Waals surface area (Å²) < 4.78 is 28.3. The Hall–Kier alpha value is -2.19. The number of amides is 1. The number of aryl methyl sites for hydroxylation is 1. The highest BCUT2D eigenvalue weighted by Gasteiger charge is 2.23. The Morgan fingerprint density at radius 1 is 1.29 bits per heavy atom. The summed E-state index contributed by atoms with van der Waals surface area (Å²) in [6.07, 6.45) is 5.36. The minimum Gasteiger partial charge on any atom is -0.451 e. The lowest BCUT2D eigenvalue weighted by molar-refractivity contribution is -0.119. The van der Waals surface area contributed by atoms with E-state index in [-0.39, 0.29) is 4.90 Å². The number of hydrogen-bond donors (Lipinski definition) is 1. The molecule has 28 heavy (non-hydrogen) atoms. The molecule has 1 amide bonds. The predicted molar refractivity (Wildman–Crippen MR) is 109 cm³/mol. The molecule has 0 unspecified atom stereocenters. The molecule has 1 atom stereocenters. The van der Waals surface area contributed by atoms with E-state index in [0.717, 1.165) is 31.9 Å². The number of ether oxygens (including phenoxy) is 1. The fourth-order valence-electron chi connectivity index (χ4n) is 3.25. The molecule has 0 saturated heterocycles. The number of rotatable bonds is 6. The second-order valence-electron chi connectivity index (χ2n) is 7.00. The van der Waals surface area contributed by atoms with Gasteiger partial charge in [0.05, 0.1) is 4.90 Å². The maximum atomic E-state index is 12.3. The van der Waals surface area contributed by atoms with E-state index in [1.807, 2.05) is 6.07 Å². The quantitative estimate of drug-likeness (QED) is 0.722. The summed E-state index contributed by atoms with van der Waals surface area (Å²) in [4.78, 5) is 26.2. The molecular formula is C20H23NO5S2. The number of carbonyl (C=O) groups excluding carboxylic acids is 2. The van der Waals surface area contributed by atoms with Gasteiger partial charge in [-0.2, -0.15) is 0 Å². The molecule has 0 saturated carbocycles. The van der Waals surface area contributed by atoms with E-state index in [2.05, 4.69) is 12.2 Å². The molecule has 2 aromatic rings. The molecule has 0 aliphatic heterocycles. The predicted octanol–water partition coefficient (Wildman–Crippen LogP) is 3.46. The van der Waals surface area contributed by atoms with Crippen molar-refractivity contribution in [1.82, 2.24) is 0 Å². The van der Waals surface area contributed by atoms with E-state index in [1.54, 1.807) is 6.07 Å². The summed E-state index contributed by atoms with van der Waals surface area (Å²) in [5.74, 6) is -0.363. The average Bonchev–Trinajstić information content (AvgIpc) is 3.09. The third kappa shape index (κ3) is 4.99. The number of sulfone groups is 1. The summed E-state index contributed by atoms with van der Waals surface area (Å²) in [7, 11) is -3.37. The van der Waals surface area contributed by atoms with E-state index < -0.39 is 28.3 Å². The van der Waals surface area contributed by atoms with Crippen molar-refractivity contribution in [3.05, 3.63) is 45.6 Å². The number of nitrogens with one attached hydrogen (secondary N) is 1. The van der Waals surface area contributed by atoms with Crippen molar-refractivity contribution in [1.29, 1.82) is 0 Å². The maximum absolute atomic E-state index is 12.3. The van der Waals surface area contributed by atoms with Gasteiger partial charge in [0.1, 0.15) is 4.88 Å². The SMILES string of the molecule is CC[C@H]1CCc2sc(C(=O)OCC(=O)Nc3cccc(S(C)(=O)=O)c3)cc2C1. The van der Waals surface area contributed by atoms with Crippen LogP contribution in [0.2, 0.25) is 0 Å². The Morgan fingerprint density at radius 2 is 2.07 bits per heavy atom. The van der Waals surface area contributed by atoms with Crippen LogP contribution in [-0.4, -0.2) is 33.2 Å². The number of anilines is 1. The molecule has 150 valence electrons. The molecule has 1 aliphatic carbocycles. The van der Waals surface area contributed by atoms with Crippen molar-refractivity contribution in [2.75, 3.05) is 18.2 Å². The lowest BCUT2D eigenvalue weighted by atomic mass is 9.87. The Kier molecular flexibility index (Phi) is 6.20. The first-order valence-electron chi connectivity index (χ1n) is 9.15. The van der Waals surface area contributed by atoms with Gasteiger partial charge in [-0.25, -0.2) is 13.2 Å². The maximum Gasteiger partial charge on any atom is 0.348 e. The third-order valence-corrected chi connectivity index (χ3v) is 7.17. The van der Waals surface area contributed by atoms with Crippen LogP contribution in [0.25, 0.3) is 0 Å². The number of hydrogen-bond acceptors (Lipinski definition) is 6. The molecule has 3 rings (SSSR count). The molecular weight excluding hydrogens is 398 g/mol. The summed E-state index contributed by atoms with van der Waals surface area (Å²) in [6, 6.07) is 7.82. The average molecular weight is 422 g/mol. The van der Waals surface area contributed by atoms with Crippen molar-refractivity contribution < 1.29 is 22.7 Å². The zero-order valence-electron chi connectivity index (χ0n) is 15.9. The summed E-state index contributed by atoms with van der Waals surface area (Å²) in [5, 5.41) is 2.55. The Balaban J connectivity index is 1.57. The Bertz CT molecular complexity index is 994. The van der Waals surface area contributed by atoms with Gasteiger partial charge in [-0.05, 0) is 55.0 Å². The van der Waals surface area contributed by atoms with Crippen molar-refractivity contribution in [3.8, 4) is 0 Å². The van der Waals surface area contributed by atoms with Crippen LogP contribution in [0.4, 0.5) is 5.69 Å². The van der Waals surface area contributed by atoms with Crippen LogP contribution in [0.3, 0.4) is 0 Å². The molecule has 1 aromatic heterocycles. The molecule has 0 radical (unpaired) electrons. The van der Waals surface area contributed by atoms with Gasteiger partial charge in [-0.15, -0.1) is 11.3 Å². The van der Waals surface area contributed by atoms with Crippen LogP contribution in [0.15, 0.2) is 35.2 Å². The number of carbonyl (C=O) groups is 2. The van der Waals surface area contributed by atoms with E-state index in [9.17, 15) is 18.0 Å². The molecule has 0 spiro atoms. The molecule has 1 heterocycles. The van der Waals surface area contributed by atoms with Crippen LogP contribution in [0.1, 0.15) is 39.9 Å². The number of fused-ring (bicyclic) bond motifs is 1. The van der Waals surface area contributed by atoms with E-state index >= 15 is 0 Å². The van der Waals surface area contributed by atoms with Crippen LogP contribution < -0.4 is 5.32 Å². The molecule has 1 N–H and O–H groups in total. The molecule has 6 nitrogen and oxygen atoms in total. The summed E-state index contributed by atoms with van der Waals surface area (Å²) >= 11 is 1.44. The number of thiophene rings is 1. The van der Waals surface area contributed by atoms with Crippen LogP contribution in [0, 0.1) is 5.92 Å². The molecule has 1 aliphatic rings. The van der Waals surface area contributed by atoms with E-state index in [4.69, 9.17) is 4.74 Å². The fourth-order valence-corrected chi connectivity index (χ4v) is 5.02. The van der Waals surface area contributed by atoms with Crippen LogP contribution in [0.5, 0.6) is 0 Å². The lowest BCUT2D eigenvalue weighted by Gasteiger charge is -2.19. The Morgan fingerprint density at radius 3 is 2.79 bits per heavy atom. The van der Waals surface area contributed by atoms with Gasteiger partial charge in [0.2, 0.25) is 0 Å². The molecule has 0 bridgehead atoms. The number of esters is 1. The van der Waals surface area contributed by atoms with Crippen molar-refractivity contribution >= 4 is 38.7 Å². The zero-order chi connectivity index (χ0) is 20.3. The molecule has 0 fully saturated rings. The van der Waals surface area contributed by atoms with Crippen LogP contribution in [-0.2, 0) is 32.2 Å². The van der Waals surface area contributed by atoms with Gasteiger partial charge in [0, 0.05) is 16.8 Å². The minimum atomic E-state index is -3.37. The van der Waals surface area contributed by atoms with Gasteiger partial charge in [0.15, 0.2) is 16.4 Å². The van der Waals surface area contributed by atoms with Gasteiger partial charge in [-0.1, -0.05) is 19.4 Å². The largest absolute Gasteiger partial charge is 0.451 e. The number of benzene rings is 1. The van der Waals surface area contributed by atoms with Crippen molar-refractivity contribution in [3.63, 3.8) is 0 Å². The van der Waals surface area contributed by atoms with Crippen LogP contribution >= 0.6 is 11.3 Å². The topological polar surface area (TPSA) is 89.5 Å². The first kappa shape index (κ1) is 20.5. The van der Waals surface area contributed by atoms with E-state index in [1.165, 1.54) is 40.0 Å². The molecule has 8 heteroatoms.